The molecule has 0 spiro atoms. The molecule has 1 fully saturated rings. The highest BCUT2D eigenvalue weighted by Gasteiger charge is 2.43. The molecule has 94 valence electrons. The number of hydrogen-bond donors (Lipinski definition) is 1. The fourth-order valence-electron chi connectivity index (χ4n) is 2.64. The molecule has 1 aromatic heterocycles. The van der Waals surface area contributed by atoms with Crippen molar-refractivity contribution in [1.29, 1.82) is 0 Å². The normalized spacial score (nSPS) is 28.2. The predicted octanol–water partition coefficient (Wildman–Crippen LogP) is 2.98. The Balaban J connectivity index is 1.93. The van der Waals surface area contributed by atoms with Crippen LogP contribution >= 0.6 is 0 Å². The van der Waals surface area contributed by atoms with Gasteiger partial charge in [-0.1, -0.05) is 26.8 Å². The number of aliphatic hydroxyl groups is 1. The fourth-order valence-corrected chi connectivity index (χ4v) is 2.64. The van der Waals surface area contributed by atoms with E-state index in [-0.39, 0.29) is 0 Å². The van der Waals surface area contributed by atoms with Gasteiger partial charge in [0.2, 0.25) is 0 Å². The van der Waals surface area contributed by atoms with E-state index in [2.05, 4.69) is 37.9 Å². The van der Waals surface area contributed by atoms with Gasteiger partial charge in [0, 0.05) is 18.3 Å². The van der Waals surface area contributed by atoms with Crippen LogP contribution in [-0.2, 0) is 12.8 Å². The van der Waals surface area contributed by atoms with E-state index in [0.717, 1.165) is 25.0 Å². The van der Waals surface area contributed by atoms with E-state index in [4.69, 9.17) is 0 Å². The molecule has 1 N–H and O–H groups in total. The zero-order chi connectivity index (χ0) is 12.5. The first-order chi connectivity index (χ1) is 8.02. The standard InChI is InChI=1S/C15H23NO/c1-4-12-5-6-14(16-10-12)9-15(17)7-13(8-15)11(2)3/h5-6,10-11,13,17H,4,7-9H2,1-3H3. The molecule has 2 nitrogen and oxygen atoms in total. The SMILES string of the molecule is CCc1ccc(CC2(O)CC(C(C)C)C2)nc1. The second-order valence-electron chi connectivity index (χ2n) is 5.82. The van der Waals surface area contributed by atoms with Gasteiger partial charge in [-0.3, -0.25) is 4.98 Å². The third-order valence-corrected chi connectivity index (χ3v) is 4.03. The molecule has 2 rings (SSSR count). The summed E-state index contributed by atoms with van der Waals surface area (Å²) in [7, 11) is 0. The lowest BCUT2D eigenvalue weighted by molar-refractivity contribution is -0.0866. The Morgan fingerprint density at radius 3 is 2.59 bits per heavy atom. The number of aryl methyl sites for hydroxylation is 1. The Hall–Kier alpha value is -0.890. The van der Waals surface area contributed by atoms with Gasteiger partial charge < -0.3 is 5.11 Å². The van der Waals surface area contributed by atoms with Crippen LogP contribution in [0.4, 0.5) is 0 Å². The van der Waals surface area contributed by atoms with Crippen LogP contribution < -0.4 is 0 Å². The molecule has 0 aromatic carbocycles. The topological polar surface area (TPSA) is 33.1 Å². The molecule has 0 bridgehead atoms. The summed E-state index contributed by atoms with van der Waals surface area (Å²) >= 11 is 0. The highest BCUT2D eigenvalue weighted by molar-refractivity contribution is 5.16. The highest BCUT2D eigenvalue weighted by Crippen LogP contribution is 2.43. The smallest absolute Gasteiger partial charge is 0.0708 e. The van der Waals surface area contributed by atoms with Crippen LogP contribution in [-0.4, -0.2) is 15.7 Å². The first kappa shape index (κ1) is 12.6. The molecule has 0 aliphatic heterocycles. The van der Waals surface area contributed by atoms with E-state index in [1.807, 2.05) is 6.20 Å². The molecule has 1 aromatic rings. The minimum atomic E-state index is -0.490. The summed E-state index contributed by atoms with van der Waals surface area (Å²) in [5, 5.41) is 10.4. The third-order valence-electron chi connectivity index (χ3n) is 4.03. The molecule has 1 heterocycles. The zero-order valence-electron chi connectivity index (χ0n) is 11.1. The maximum atomic E-state index is 10.4. The van der Waals surface area contributed by atoms with Crippen molar-refractivity contribution in [3.8, 4) is 0 Å². The van der Waals surface area contributed by atoms with E-state index >= 15 is 0 Å². The second-order valence-corrected chi connectivity index (χ2v) is 5.82. The minimum absolute atomic E-state index is 0.490. The minimum Gasteiger partial charge on any atom is -0.389 e. The average Bonchev–Trinajstić information content (AvgIpc) is 2.26. The molecule has 1 aliphatic rings. The van der Waals surface area contributed by atoms with E-state index in [1.165, 1.54) is 5.56 Å². The Morgan fingerprint density at radius 1 is 1.41 bits per heavy atom. The van der Waals surface area contributed by atoms with Gasteiger partial charge in [0.1, 0.15) is 0 Å². The number of pyridine rings is 1. The average molecular weight is 233 g/mol. The van der Waals surface area contributed by atoms with Crippen molar-refractivity contribution in [2.75, 3.05) is 0 Å². The van der Waals surface area contributed by atoms with Crippen molar-refractivity contribution in [2.45, 2.75) is 52.1 Å². The van der Waals surface area contributed by atoms with Gasteiger partial charge in [0.05, 0.1) is 5.60 Å². The lowest BCUT2D eigenvalue weighted by Crippen LogP contribution is -2.47. The van der Waals surface area contributed by atoms with E-state index < -0.39 is 5.60 Å². The van der Waals surface area contributed by atoms with E-state index in [0.29, 0.717) is 18.3 Å². The fraction of sp³-hybridized carbons (Fsp3) is 0.667. The summed E-state index contributed by atoms with van der Waals surface area (Å²) in [4.78, 5) is 4.43. The number of aromatic nitrogens is 1. The second kappa shape index (κ2) is 4.77. The van der Waals surface area contributed by atoms with Crippen LogP contribution in [0.1, 0.15) is 44.9 Å². The Morgan fingerprint density at radius 2 is 2.12 bits per heavy atom. The van der Waals surface area contributed by atoms with Crippen LogP contribution in [0.3, 0.4) is 0 Å². The van der Waals surface area contributed by atoms with E-state index in [9.17, 15) is 5.11 Å². The molecule has 1 aliphatic carbocycles. The number of rotatable bonds is 4. The van der Waals surface area contributed by atoms with Crippen LogP contribution in [0, 0.1) is 11.8 Å². The Kier molecular flexibility index (Phi) is 3.53. The maximum absolute atomic E-state index is 10.4. The van der Waals surface area contributed by atoms with Gasteiger partial charge in [-0.15, -0.1) is 0 Å². The van der Waals surface area contributed by atoms with Crippen molar-refractivity contribution in [1.82, 2.24) is 4.98 Å². The Bertz CT molecular complexity index is 363. The van der Waals surface area contributed by atoms with Gasteiger partial charge in [-0.05, 0) is 42.7 Å². The van der Waals surface area contributed by atoms with Crippen molar-refractivity contribution >= 4 is 0 Å². The lowest BCUT2D eigenvalue weighted by Gasteiger charge is -2.45. The van der Waals surface area contributed by atoms with Crippen molar-refractivity contribution < 1.29 is 5.11 Å². The summed E-state index contributed by atoms with van der Waals surface area (Å²) in [6.07, 6.45) is 5.52. The van der Waals surface area contributed by atoms with Gasteiger partial charge >= 0.3 is 0 Å². The monoisotopic (exact) mass is 233 g/mol. The van der Waals surface area contributed by atoms with Gasteiger partial charge in [0.25, 0.3) is 0 Å². The van der Waals surface area contributed by atoms with Crippen molar-refractivity contribution in [2.24, 2.45) is 11.8 Å². The third kappa shape index (κ3) is 2.86. The molecule has 17 heavy (non-hydrogen) atoms. The summed E-state index contributed by atoms with van der Waals surface area (Å²) in [5.74, 6) is 1.38. The van der Waals surface area contributed by atoms with Crippen molar-refractivity contribution in [3.63, 3.8) is 0 Å². The summed E-state index contributed by atoms with van der Waals surface area (Å²) in [6, 6.07) is 4.17. The Labute approximate surface area is 104 Å². The molecule has 1 saturated carbocycles. The molecule has 0 amide bonds. The number of hydrogen-bond acceptors (Lipinski definition) is 2. The summed E-state index contributed by atoms with van der Waals surface area (Å²) in [6.45, 7) is 6.60. The molecular formula is C15H23NO. The highest BCUT2D eigenvalue weighted by atomic mass is 16.3. The van der Waals surface area contributed by atoms with Crippen LogP contribution in [0.25, 0.3) is 0 Å². The van der Waals surface area contributed by atoms with Crippen LogP contribution in [0.2, 0.25) is 0 Å². The van der Waals surface area contributed by atoms with E-state index in [1.54, 1.807) is 0 Å². The first-order valence-electron chi connectivity index (χ1n) is 6.68. The largest absolute Gasteiger partial charge is 0.389 e. The van der Waals surface area contributed by atoms with Crippen LogP contribution in [0.15, 0.2) is 18.3 Å². The van der Waals surface area contributed by atoms with Gasteiger partial charge in [0.15, 0.2) is 0 Å². The van der Waals surface area contributed by atoms with Crippen LogP contribution in [0.5, 0.6) is 0 Å². The first-order valence-corrected chi connectivity index (χ1v) is 6.68. The molecule has 0 atom stereocenters. The lowest BCUT2D eigenvalue weighted by atomic mass is 9.64. The molecule has 0 unspecified atom stereocenters. The molecule has 0 radical (unpaired) electrons. The molecule has 0 saturated heterocycles. The summed E-state index contributed by atoms with van der Waals surface area (Å²) in [5.41, 5.74) is 1.79. The molecule has 2 heteroatoms. The number of nitrogens with zero attached hydrogens (tertiary/aromatic N) is 1. The summed E-state index contributed by atoms with van der Waals surface area (Å²) < 4.78 is 0. The van der Waals surface area contributed by atoms with Gasteiger partial charge in [-0.25, -0.2) is 0 Å². The maximum Gasteiger partial charge on any atom is 0.0708 e. The van der Waals surface area contributed by atoms with Gasteiger partial charge in [-0.2, -0.15) is 0 Å². The predicted molar refractivity (Wildman–Crippen MR) is 69.8 cm³/mol. The quantitative estimate of drug-likeness (QED) is 0.867. The zero-order valence-corrected chi connectivity index (χ0v) is 11.1. The van der Waals surface area contributed by atoms with Crippen molar-refractivity contribution in [3.05, 3.63) is 29.6 Å². The molecular weight excluding hydrogens is 210 g/mol.